The van der Waals surface area contributed by atoms with E-state index in [2.05, 4.69) is 193 Å². The number of anilines is 3. The highest BCUT2D eigenvalue weighted by Gasteiger charge is 2.20. The molecule has 0 unspecified atom stereocenters. The minimum atomic E-state index is 0.894. The second kappa shape index (κ2) is 12.9. The molecule has 258 valence electrons. The maximum absolute atomic E-state index is 6.24. The fourth-order valence-corrected chi connectivity index (χ4v) is 9.39. The first kappa shape index (κ1) is 31.6. The van der Waals surface area contributed by atoms with Gasteiger partial charge < -0.3 is 9.32 Å². The normalized spacial score (nSPS) is 11.6. The average Bonchev–Trinajstić information content (AvgIpc) is 3.82. The van der Waals surface area contributed by atoms with Crippen LogP contribution in [0.15, 0.2) is 205 Å². The minimum Gasteiger partial charge on any atom is -0.456 e. The molecule has 0 saturated heterocycles. The van der Waals surface area contributed by atoms with Crippen LogP contribution < -0.4 is 4.90 Å². The molecule has 2 nitrogen and oxygen atoms in total. The van der Waals surface area contributed by atoms with E-state index in [1.807, 2.05) is 23.5 Å². The lowest BCUT2D eigenvalue weighted by molar-refractivity contribution is 0.669. The summed E-state index contributed by atoms with van der Waals surface area (Å²) >= 11 is 1.86. The van der Waals surface area contributed by atoms with Crippen LogP contribution in [0.5, 0.6) is 0 Å². The van der Waals surface area contributed by atoms with Crippen molar-refractivity contribution >= 4 is 81.3 Å². The van der Waals surface area contributed by atoms with Gasteiger partial charge in [0.15, 0.2) is 0 Å². The van der Waals surface area contributed by atoms with Crippen LogP contribution in [0.4, 0.5) is 17.1 Å². The Bertz CT molecular complexity index is 3240. The second-order valence-corrected chi connectivity index (χ2v) is 15.2. The van der Waals surface area contributed by atoms with Gasteiger partial charge in [-0.2, -0.15) is 0 Å². The number of thiophene rings is 1. The Hall–Kier alpha value is -6.94. The molecule has 0 saturated carbocycles. The number of hydrogen-bond acceptors (Lipinski definition) is 3. The summed E-state index contributed by atoms with van der Waals surface area (Å²) in [6.07, 6.45) is 0. The van der Waals surface area contributed by atoms with Crippen molar-refractivity contribution in [3.8, 4) is 33.4 Å². The molecule has 0 aliphatic carbocycles. The van der Waals surface area contributed by atoms with Crippen LogP contribution in [0.25, 0.3) is 86.3 Å². The van der Waals surface area contributed by atoms with E-state index in [0.717, 1.165) is 50.1 Å². The van der Waals surface area contributed by atoms with E-state index in [9.17, 15) is 0 Å². The molecule has 0 atom stereocenters. The molecule has 0 amide bonds. The van der Waals surface area contributed by atoms with E-state index >= 15 is 0 Å². The molecule has 11 rings (SSSR count). The number of hydrogen-bond donors (Lipinski definition) is 0. The Morgan fingerprint density at radius 2 is 0.982 bits per heavy atom. The standard InChI is InChI=1S/C52H33NOS/c1-2-13-35-30-37(27-26-34(35)12-1)36-14-9-16-40(31-36)53(41-17-10-15-38(32-41)43-21-11-25-51-52(43)45-20-5-8-24-50(45)55-51)47-22-6-3-18-42(47)39-28-29-49-46(33-39)44-19-4-7-23-48(44)54-49/h1-33H. The molecule has 11 aromatic rings. The van der Waals surface area contributed by atoms with Crippen LogP contribution in [0, 0.1) is 0 Å². The summed E-state index contributed by atoms with van der Waals surface area (Å²) < 4.78 is 8.85. The van der Waals surface area contributed by atoms with Crippen LogP contribution in [-0.2, 0) is 0 Å². The van der Waals surface area contributed by atoms with Crippen molar-refractivity contribution in [2.24, 2.45) is 0 Å². The lowest BCUT2D eigenvalue weighted by Gasteiger charge is -2.29. The lowest BCUT2D eigenvalue weighted by Crippen LogP contribution is -2.11. The molecule has 3 heteroatoms. The molecule has 0 bridgehead atoms. The van der Waals surface area contributed by atoms with Crippen molar-refractivity contribution in [3.63, 3.8) is 0 Å². The van der Waals surface area contributed by atoms with E-state index in [-0.39, 0.29) is 0 Å². The first-order valence-corrected chi connectivity index (χ1v) is 19.5. The number of para-hydroxylation sites is 2. The summed E-state index contributed by atoms with van der Waals surface area (Å²) in [5.74, 6) is 0. The summed E-state index contributed by atoms with van der Waals surface area (Å²) in [4.78, 5) is 2.42. The van der Waals surface area contributed by atoms with Crippen molar-refractivity contribution < 1.29 is 4.42 Å². The lowest BCUT2D eigenvalue weighted by atomic mass is 9.97. The molecule has 0 aliphatic rings. The van der Waals surface area contributed by atoms with Crippen molar-refractivity contribution in [2.75, 3.05) is 4.90 Å². The Balaban J connectivity index is 1.12. The first-order chi connectivity index (χ1) is 27.2. The van der Waals surface area contributed by atoms with Crippen LogP contribution in [0.3, 0.4) is 0 Å². The molecular formula is C52H33NOS. The van der Waals surface area contributed by atoms with Gasteiger partial charge >= 0.3 is 0 Å². The van der Waals surface area contributed by atoms with Crippen molar-refractivity contribution in [3.05, 3.63) is 200 Å². The quantitative estimate of drug-likeness (QED) is 0.170. The molecular weight excluding hydrogens is 687 g/mol. The van der Waals surface area contributed by atoms with Crippen molar-refractivity contribution in [1.29, 1.82) is 0 Å². The summed E-state index contributed by atoms with van der Waals surface area (Å²) in [5.41, 5.74) is 12.1. The van der Waals surface area contributed by atoms with Gasteiger partial charge in [0, 0.05) is 47.9 Å². The Morgan fingerprint density at radius 3 is 1.89 bits per heavy atom. The van der Waals surface area contributed by atoms with Crippen molar-refractivity contribution in [2.45, 2.75) is 0 Å². The van der Waals surface area contributed by atoms with Crippen LogP contribution in [-0.4, -0.2) is 0 Å². The third-order valence-electron chi connectivity index (χ3n) is 10.8. The molecule has 0 fully saturated rings. The Morgan fingerprint density at radius 1 is 0.364 bits per heavy atom. The largest absolute Gasteiger partial charge is 0.456 e. The van der Waals surface area contributed by atoms with E-state index in [1.54, 1.807) is 0 Å². The number of furan rings is 1. The van der Waals surface area contributed by atoms with Crippen LogP contribution in [0.1, 0.15) is 0 Å². The average molecular weight is 720 g/mol. The number of rotatable bonds is 6. The minimum absolute atomic E-state index is 0.894. The number of nitrogens with zero attached hydrogens (tertiary/aromatic N) is 1. The Kier molecular flexibility index (Phi) is 7.39. The van der Waals surface area contributed by atoms with Gasteiger partial charge in [0.05, 0.1) is 5.69 Å². The molecule has 55 heavy (non-hydrogen) atoms. The maximum atomic E-state index is 6.24. The molecule has 0 N–H and O–H groups in total. The fourth-order valence-electron chi connectivity index (χ4n) is 8.25. The smallest absolute Gasteiger partial charge is 0.135 e. The summed E-state index contributed by atoms with van der Waals surface area (Å²) in [6, 6.07) is 72.4. The maximum Gasteiger partial charge on any atom is 0.135 e. The second-order valence-electron chi connectivity index (χ2n) is 14.1. The Labute approximate surface area is 322 Å². The SMILES string of the molecule is c1cc(-c2ccc3ccccc3c2)cc(N(c2cccc(-c3cccc4sc5ccccc5c34)c2)c2ccccc2-c2ccc3oc4ccccc4c3c2)c1. The zero-order valence-electron chi connectivity index (χ0n) is 29.8. The molecule has 2 aromatic heterocycles. The molecule has 2 heterocycles. The predicted octanol–water partition coefficient (Wildman–Crippen LogP) is 15.6. The predicted molar refractivity (Wildman–Crippen MR) is 235 cm³/mol. The number of benzene rings is 9. The van der Waals surface area contributed by atoms with Gasteiger partial charge in [-0.05, 0) is 105 Å². The van der Waals surface area contributed by atoms with Crippen LogP contribution >= 0.6 is 11.3 Å². The zero-order chi connectivity index (χ0) is 36.3. The topological polar surface area (TPSA) is 16.4 Å². The van der Waals surface area contributed by atoms with Gasteiger partial charge in [0.2, 0.25) is 0 Å². The highest BCUT2D eigenvalue weighted by molar-refractivity contribution is 7.25. The molecule has 0 spiro atoms. The molecule has 9 aromatic carbocycles. The first-order valence-electron chi connectivity index (χ1n) is 18.7. The fraction of sp³-hybridized carbons (Fsp3) is 0. The van der Waals surface area contributed by atoms with Crippen molar-refractivity contribution in [1.82, 2.24) is 0 Å². The monoisotopic (exact) mass is 719 g/mol. The van der Waals surface area contributed by atoms with Gasteiger partial charge in [-0.25, -0.2) is 0 Å². The van der Waals surface area contributed by atoms with Gasteiger partial charge in [-0.3, -0.25) is 0 Å². The van der Waals surface area contributed by atoms with E-state index in [0.29, 0.717) is 0 Å². The highest BCUT2D eigenvalue weighted by Crippen LogP contribution is 2.45. The van der Waals surface area contributed by atoms with Gasteiger partial charge in [-0.1, -0.05) is 133 Å². The molecule has 0 radical (unpaired) electrons. The highest BCUT2D eigenvalue weighted by atomic mass is 32.1. The van der Waals surface area contributed by atoms with Crippen LogP contribution in [0.2, 0.25) is 0 Å². The summed E-state index contributed by atoms with van der Waals surface area (Å²) in [7, 11) is 0. The van der Waals surface area contributed by atoms with E-state index in [4.69, 9.17) is 4.42 Å². The summed E-state index contributed by atoms with van der Waals surface area (Å²) in [5, 5.41) is 7.33. The van der Waals surface area contributed by atoms with E-state index < -0.39 is 0 Å². The van der Waals surface area contributed by atoms with Gasteiger partial charge in [0.1, 0.15) is 11.2 Å². The molecule has 0 aliphatic heterocycles. The third-order valence-corrected chi connectivity index (χ3v) is 12.0. The van der Waals surface area contributed by atoms with Gasteiger partial charge in [0.25, 0.3) is 0 Å². The number of fused-ring (bicyclic) bond motifs is 7. The third kappa shape index (κ3) is 5.40. The summed E-state index contributed by atoms with van der Waals surface area (Å²) in [6.45, 7) is 0. The van der Waals surface area contributed by atoms with Gasteiger partial charge in [-0.15, -0.1) is 11.3 Å². The van der Waals surface area contributed by atoms with E-state index in [1.165, 1.54) is 53.2 Å². The zero-order valence-corrected chi connectivity index (χ0v) is 30.6.